The third-order valence-electron chi connectivity index (χ3n) is 4.88. The maximum Gasteiger partial charge on any atom is 0.129 e. The van der Waals surface area contributed by atoms with E-state index in [-0.39, 0.29) is 11.9 Å². The molecule has 1 aliphatic heterocycles. The Hall–Kier alpha value is -2.99. The largest absolute Gasteiger partial charge is 0.485 e. The van der Waals surface area contributed by atoms with Gasteiger partial charge in [0, 0.05) is 43.3 Å². The number of hydrogen-bond acceptors (Lipinski definition) is 4. The number of rotatable bonds is 3. The van der Waals surface area contributed by atoms with Crippen molar-refractivity contribution < 1.29 is 13.5 Å². The van der Waals surface area contributed by atoms with Crippen LogP contribution >= 0.6 is 0 Å². The van der Waals surface area contributed by atoms with Crippen molar-refractivity contribution in [2.75, 3.05) is 19.3 Å². The molecule has 0 aliphatic carbocycles. The van der Waals surface area contributed by atoms with Crippen LogP contribution in [0, 0.1) is 11.6 Å². The molecule has 28 heavy (non-hydrogen) atoms. The average Bonchev–Trinajstić information content (AvgIpc) is 2.79. The van der Waals surface area contributed by atoms with Gasteiger partial charge in [0.05, 0.1) is 5.69 Å². The van der Waals surface area contributed by atoms with Crippen molar-refractivity contribution in [3.8, 4) is 17.0 Å². The van der Waals surface area contributed by atoms with Crippen molar-refractivity contribution in [2.24, 2.45) is 0 Å². The zero-order chi connectivity index (χ0) is 19.7. The molecule has 2 N–H and O–H groups in total. The molecule has 0 radical (unpaired) electrons. The van der Waals surface area contributed by atoms with Gasteiger partial charge in [-0.3, -0.25) is 0 Å². The maximum atomic E-state index is 13.5. The summed E-state index contributed by atoms with van der Waals surface area (Å²) < 4.78 is 33.1. The summed E-state index contributed by atoms with van der Waals surface area (Å²) in [6.45, 7) is 1.56. The Bertz CT molecular complexity index is 989. The molecular weight excluding hydrogens is 360 g/mol. The monoisotopic (exact) mass is 381 g/mol. The van der Waals surface area contributed by atoms with Gasteiger partial charge in [0.15, 0.2) is 0 Å². The second kappa shape index (κ2) is 7.56. The topological polar surface area (TPSA) is 51.4 Å². The molecule has 0 fully saturated rings. The van der Waals surface area contributed by atoms with E-state index in [0.717, 1.165) is 48.0 Å². The summed E-state index contributed by atoms with van der Waals surface area (Å²) >= 11 is 0. The fraction of sp³-hybridized carbons (Fsp3) is 0.227. The number of benzene rings is 2. The Morgan fingerprint density at radius 2 is 1.86 bits per heavy atom. The van der Waals surface area contributed by atoms with Gasteiger partial charge in [-0.25, -0.2) is 13.8 Å². The van der Waals surface area contributed by atoms with Crippen LogP contribution in [-0.4, -0.2) is 23.5 Å². The highest BCUT2D eigenvalue weighted by atomic mass is 19.1. The Morgan fingerprint density at radius 3 is 2.61 bits per heavy atom. The molecule has 4 nitrogen and oxygen atoms in total. The number of anilines is 1. The molecule has 1 aromatic heterocycles. The lowest BCUT2D eigenvalue weighted by atomic mass is 9.97. The molecular formula is C22H21F2N3O. The van der Waals surface area contributed by atoms with E-state index in [1.807, 2.05) is 31.3 Å². The zero-order valence-corrected chi connectivity index (χ0v) is 15.5. The summed E-state index contributed by atoms with van der Waals surface area (Å²) in [6.07, 6.45) is 0.432. The molecule has 2 aromatic carbocycles. The van der Waals surface area contributed by atoms with Crippen LogP contribution in [0.5, 0.6) is 5.75 Å². The van der Waals surface area contributed by atoms with Crippen LogP contribution < -0.4 is 10.5 Å². The number of aromatic nitrogens is 1. The summed E-state index contributed by atoms with van der Waals surface area (Å²) in [5.41, 5.74) is 9.70. The van der Waals surface area contributed by atoms with Crippen molar-refractivity contribution in [2.45, 2.75) is 19.1 Å². The Kier molecular flexibility index (Phi) is 4.96. The molecule has 4 rings (SSSR count). The molecule has 0 saturated carbocycles. The highest BCUT2D eigenvalue weighted by molar-refractivity contribution is 5.63. The Morgan fingerprint density at radius 1 is 1.07 bits per heavy atom. The first-order chi connectivity index (χ1) is 13.5. The highest BCUT2D eigenvalue weighted by Gasteiger charge is 2.23. The van der Waals surface area contributed by atoms with E-state index in [2.05, 4.69) is 16.0 Å². The lowest BCUT2D eigenvalue weighted by Gasteiger charge is -2.20. The van der Waals surface area contributed by atoms with Crippen molar-refractivity contribution in [1.82, 2.24) is 9.88 Å². The van der Waals surface area contributed by atoms with E-state index >= 15 is 0 Å². The fourth-order valence-electron chi connectivity index (χ4n) is 3.57. The predicted octanol–water partition coefficient (Wildman–Crippen LogP) is 4.56. The van der Waals surface area contributed by atoms with Crippen LogP contribution in [0.15, 0.2) is 54.6 Å². The highest BCUT2D eigenvalue weighted by Crippen LogP contribution is 2.33. The standard InChI is InChI=1S/C22H21F2N3O/c1-27-8-7-21(28-18-11-16(23)10-17(24)12-18)19-6-5-14(9-15(19)13-27)20-3-2-4-22(25)26-20/h2-6,9-12,21H,7-8,13H2,1H3,(H2,25,26). The molecule has 1 atom stereocenters. The van der Waals surface area contributed by atoms with Gasteiger partial charge in [-0.2, -0.15) is 0 Å². The first kappa shape index (κ1) is 18.4. The molecule has 0 amide bonds. The smallest absolute Gasteiger partial charge is 0.129 e. The summed E-state index contributed by atoms with van der Waals surface area (Å²) in [4.78, 5) is 6.59. The van der Waals surface area contributed by atoms with Gasteiger partial charge in [0.2, 0.25) is 0 Å². The number of ether oxygens (including phenoxy) is 1. The van der Waals surface area contributed by atoms with Crippen LogP contribution in [0.1, 0.15) is 23.7 Å². The normalized spacial score (nSPS) is 17.0. The Labute approximate surface area is 162 Å². The summed E-state index contributed by atoms with van der Waals surface area (Å²) in [5, 5.41) is 0. The minimum absolute atomic E-state index is 0.194. The first-order valence-corrected chi connectivity index (χ1v) is 9.15. The molecule has 144 valence electrons. The second-order valence-electron chi connectivity index (χ2n) is 7.10. The Balaban J connectivity index is 1.70. The van der Waals surface area contributed by atoms with Gasteiger partial charge in [0.25, 0.3) is 0 Å². The first-order valence-electron chi connectivity index (χ1n) is 9.15. The summed E-state index contributed by atoms with van der Waals surface area (Å²) in [6, 6.07) is 14.9. The van der Waals surface area contributed by atoms with E-state index in [4.69, 9.17) is 10.5 Å². The van der Waals surface area contributed by atoms with Gasteiger partial charge in [-0.1, -0.05) is 18.2 Å². The fourth-order valence-corrected chi connectivity index (χ4v) is 3.57. The van der Waals surface area contributed by atoms with Gasteiger partial charge in [-0.05, 0) is 36.4 Å². The van der Waals surface area contributed by atoms with Gasteiger partial charge >= 0.3 is 0 Å². The summed E-state index contributed by atoms with van der Waals surface area (Å²) in [5.74, 6) is -0.633. The van der Waals surface area contributed by atoms with Crippen LogP contribution in [0.3, 0.4) is 0 Å². The predicted molar refractivity (Wildman–Crippen MR) is 105 cm³/mol. The van der Waals surface area contributed by atoms with Crippen LogP contribution in [-0.2, 0) is 6.54 Å². The van der Waals surface area contributed by atoms with E-state index in [9.17, 15) is 8.78 Å². The lowest BCUT2D eigenvalue weighted by molar-refractivity contribution is 0.181. The number of nitrogens with two attached hydrogens (primary N) is 1. The molecule has 6 heteroatoms. The van der Waals surface area contributed by atoms with Crippen molar-refractivity contribution in [1.29, 1.82) is 0 Å². The molecule has 3 aromatic rings. The van der Waals surface area contributed by atoms with E-state index in [1.165, 1.54) is 12.1 Å². The molecule has 2 heterocycles. The minimum Gasteiger partial charge on any atom is -0.485 e. The van der Waals surface area contributed by atoms with Crippen molar-refractivity contribution in [3.05, 3.63) is 77.4 Å². The molecule has 1 unspecified atom stereocenters. The van der Waals surface area contributed by atoms with E-state index in [1.54, 1.807) is 6.07 Å². The quantitative estimate of drug-likeness (QED) is 0.722. The number of hydrogen-bond donors (Lipinski definition) is 1. The van der Waals surface area contributed by atoms with E-state index < -0.39 is 11.6 Å². The zero-order valence-electron chi connectivity index (χ0n) is 15.5. The van der Waals surface area contributed by atoms with Gasteiger partial charge < -0.3 is 15.4 Å². The second-order valence-corrected chi connectivity index (χ2v) is 7.10. The number of halogens is 2. The molecule has 0 bridgehead atoms. The number of pyridine rings is 1. The molecule has 1 aliphatic rings. The minimum atomic E-state index is -0.649. The van der Waals surface area contributed by atoms with Crippen LogP contribution in [0.25, 0.3) is 11.3 Å². The summed E-state index contributed by atoms with van der Waals surface area (Å²) in [7, 11) is 2.04. The number of fused-ring (bicyclic) bond motifs is 1. The molecule has 0 spiro atoms. The van der Waals surface area contributed by atoms with E-state index in [0.29, 0.717) is 5.82 Å². The third kappa shape index (κ3) is 3.97. The van der Waals surface area contributed by atoms with Crippen LogP contribution in [0.2, 0.25) is 0 Å². The average molecular weight is 381 g/mol. The maximum absolute atomic E-state index is 13.5. The van der Waals surface area contributed by atoms with Crippen LogP contribution in [0.4, 0.5) is 14.6 Å². The lowest BCUT2D eigenvalue weighted by Crippen LogP contribution is -2.18. The van der Waals surface area contributed by atoms with Gasteiger partial charge in [-0.15, -0.1) is 0 Å². The molecule has 0 saturated heterocycles. The van der Waals surface area contributed by atoms with Crippen molar-refractivity contribution in [3.63, 3.8) is 0 Å². The SMILES string of the molecule is CN1CCC(Oc2cc(F)cc(F)c2)c2ccc(-c3cccc(N)n3)cc2C1. The third-order valence-corrected chi connectivity index (χ3v) is 4.88. The number of nitrogens with zero attached hydrogens (tertiary/aromatic N) is 2. The van der Waals surface area contributed by atoms with Gasteiger partial charge in [0.1, 0.15) is 29.3 Å². The number of nitrogen functional groups attached to an aromatic ring is 1. The van der Waals surface area contributed by atoms with Crippen molar-refractivity contribution >= 4 is 5.82 Å².